The van der Waals surface area contributed by atoms with E-state index < -0.39 is 6.10 Å². The number of hydrogen-bond acceptors (Lipinski definition) is 2. The van der Waals surface area contributed by atoms with Crippen LogP contribution in [0.3, 0.4) is 0 Å². The Hall–Kier alpha value is -1.06. The summed E-state index contributed by atoms with van der Waals surface area (Å²) in [6.07, 6.45) is 4.44. The average Bonchev–Trinajstić information content (AvgIpc) is 2.40. The predicted octanol–water partition coefficient (Wildman–Crippen LogP) is 2.69. The van der Waals surface area contributed by atoms with Crippen LogP contribution < -0.4 is 5.32 Å². The van der Waals surface area contributed by atoms with E-state index in [2.05, 4.69) is 5.32 Å². The smallest absolute Gasteiger partial charge is 0.220 e. The van der Waals surface area contributed by atoms with Gasteiger partial charge < -0.3 is 10.4 Å². The number of hydrogen-bond donors (Lipinski definition) is 2. The SMILES string of the molecule is O=C(CCc1ccccc1Cl)N[C@H]1CCCC[C@@H]1O. The largest absolute Gasteiger partial charge is 0.391 e. The molecule has 0 saturated heterocycles. The minimum absolute atomic E-state index is 0.00845. The standard InChI is InChI=1S/C15H20ClNO2/c16-12-6-2-1-5-11(12)9-10-15(19)17-13-7-3-4-8-14(13)18/h1-2,5-6,13-14,18H,3-4,7-10H2,(H,17,19)/t13-,14-/m0/s1. The number of carbonyl (C=O) groups excluding carboxylic acids is 1. The van der Waals surface area contributed by atoms with Crippen molar-refractivity contribution in [2.24, 2.45) is 0 Å². The number of rotatable bonds is 4. The lowest BCUT2D eigenvalue weighted by molar-refractivity contribution is -0.123. The molecule has 3 nitrogen and oxygen atoms in total. The van der Waals surface area contributed by atoms with Crippen molar-refractivity contribution in [3.8, 4) is 0 Å². The van der Waals surface area contributed by atoms with Crippen LogP contribution in [0, 0.1) is 0 Å². The highest BCUT2D eigenvalue weighted by atomic mass is 35.5. The number of carbonyl (C=O) groups is 1. The van der Waals surface area contributed by atoms with Crippen LogP contribution in [0.2, 0.25) is 5.02 Å². The van der Waals surface area contributed by atoms with Gasteiger partial charge in [0.15, 0.2) is 0 Å². The maximum Gasteiger partial charge on any atom is 0.220 e. The Kier molecular flexibility index (Phi) is 5.23. The Morgan fingerprint density at radius 3 is 2.79 bits per heavy atom. The summed E-state index contributed by atoms with van der Waals surface area (Å²) in [6, 6.07) is 7.49. The number of halogens is 1. The molecule has 0 aromatic heterocycles. The maximum absolute atomic E-state index is 11.9. The van der Waals surface area contributed by atoms with Gasteiger partial charge in [-0.1, -0.05) is 42.6 Å². The van der Waals surface area contributed by atoms with E-state index in [-0.39, 0.29) is 11.9 Å². The van der Waals surface area contributed by atoms with E-state index >= 15 is 0 Å². The molecule has 1 aromatic rings. The van der Waals surface area contributed by atoms with Crippen LogP contribution in [0.15, 0.2) is 24.3 Å². The van der Waals surface area contributed by atoms with Crippen molar-refractivity contribution in [3.05, 3.63) is 34.9 Å². The average molecular weight is 282 g/mol. The van der Waals surface area contributed by atoms with E-state index in [1.54, 1.807) is 0 Å². The van der Waals surface area contributed by atoms with Crippen molar-refractivity contribution >= 4 is 17.5 Å². The molecular formula is C15H20ClNO2. The molecule has 0 spiro atoms. The summed E-state index contributed by atoms with van der Waals surface area (Å²) in [5.41, 5.74) is 0.989. The zero-order valence-electron chi connectivity index (χ0n) is 10.9. The number of nitrogens with one attached hydrogen (secondary N) is 1. The highest BCUT2D eigenvalue weighted by Crippen LogP contribution is 2.19. The summed E-state index contributed by atoms with van der Waals surface area (Å²) in [7, 11) is 0. The maximum atomic E-state index is 11.9. The second-order valence-corrected chi connectivity index (χ2v) is 5.52. The van der Waals surface area contributed by atoms with Gasteiger partial charge in [0, 0.05) is 11.4 Å². The highest BCUT2D eigenvalue weighted by molar-refractivity contribution is 6.31. The van der Waals surface area contributed by atoms with Crippen LogP contribution in [0.5, 0.6) is 0 Å². The van der Waals surface area contributed by atoms with Crippen molar-refractivity contribution in [1.82, 2.24) is 5.32 Å². The number of aliphatic hydroxyl groups excluding tert-OH is 1. The molecule has 0 aliphatic heterocycles. The molecule has 0 heterocycles. The fourth-order valence-corrected chi connectivity index (χ4v) is 2.74. The number of aliphatic hydroxyl groups is 1. The minimum Gasteiger partial charge on any atom is -0.391 e. The first-order valence-corrected chi connectivity index (χ1v) is 7.25. The monoisotopic (exact) mass is 281 g/mol. The van der Waals surface area contributed by atoms with Gasteiger partial charge in [0.05, 0.1) is 12.1 Å². The molecule has 104 valence electrons. The summed E-state index contributed by atoms with van der Waals surface area (Å²) in [4.78, 5) is 11.9. The summed E-state index contributed by atoms with van der Waals surface area (Å²) >= 11 is 6.05. The third kappa shape index (κ3) is 4.22. The lowest BCUT2D eigenvalue weighted by Gasteiger charge is -2.28. The summed E-state index contributed by atoms with van der Waals surface area (Å²) in [5, 5.41) is 13.4. The van der Waals surface area contributed by atoms with Crippen molar-refractivity contribution in [2.45, 2.75) is 50.7 Å². The van der Waals surface area contributed by atoms with Crippen LogP contribution in [-0.2, 0) is 11.2 Å². The number of benzene rings is 1. The van der Waals surface area contributed by atoms with Crippen molar-refractivity contribution in [1.29, 1.82) is 0 Å². The molecule has 0 radical (unpaired) electrons. The highest BCUT2D eigenvalue weighted by Gasteiger charge is 2.24. The molecule has 1 saturated carbocycles. The van der Waals surface area contributed by atoms with Crippen LogP contribution in [-0.4, -0.2) is 23.2 Å². The molecule has 2 N–H and O–H groups in total. The fraction of sp³-hybridized carbons (Fsp3) is 0.533. The first-order chi connectivity index (χ1) is 9.16. The van der Waals surface area contributed by atoms with Crippen LogP contribution in [0.1, 0.15) is 37.7 Å². The molecule has 2 rings (SSSR count). The van der Waals surface area contributed by atoms with Crippen LogP contribution in [0.4, 0.5) is 0 Å². The first kappa shape index (κ1) is 14.4. The van der Waals surface area contributed by atoms with Gasteiger partial charge in [0.1, 0.15) is 0 Å². The second kappa shape index (κ2) is 6.92. The summed E-state index contributed by atoms with van der Waals surface area (Å²) < 4.78 is 0. The van der Waals surface area contributed by atoms with E-state index in [4.69, 9.17) is 11.6 Å². The predicted molar refractivity (Wildman–Crippen MR) is 76.2 cm³/mol. The van der Waals surface area contributed by atoms with Crippen molar-refractivity contribution in [2.75, 3.05) is 0 Å². The third-order valence-corrected chi connectivity index (χ3v) is 4.02. The van der Waals surface area contributed by atoms with Crippen LogP contribution >= 0.6 is 11.6 Å². The fourth-order valence-electron chi connectivity index (χ4n) is 2.51. The molecule has 1 amide bonds. The molecule has 4 heteroatoms. The topological polar surface area (TPSA) is 49.3 Å². The van der Waals surface area contributed by atoms with Gasteiger partial charge >= 0.3 is 0 Å². The molecule has 1 aliphatic rings. The van der Waals surface area contributed by atoms with Gasteiger partial charge in [-0.3, -0.25) is 4.79 Å². The second-order valence-electron chi connectivity index (χ2n) is 5.12. The normalized spacial score (nSPS) is 23.1. The van der Waals surface area contributed by atoms with Gasteiger partial charge in [-0.05, 0) is 30.9 Å². The van der Waals surface area contributed by atoms with Gasteiger partial charge in [-0.2, -0.15) is 0 Å². The van der Waals surface area contributed by atoms with Crippen LogP contribution in [0.25, 0.3) is 0 Å². The van der Waals surface area contributed by atoms with E-state index in [1.807, 2.05) is 24.3 Å². The van der Waals surface area contributed by atoms with E-state index in [0.717, 1.165) is 31.2 Å². The molecular weight excluding hydrogens is 262 g/mol. The van der Waals surface area contributed by atoms with E-state index in [1.165, 1.54) is 0 Å². The van der Waals surface area contributed by atoms with Gasteiger partial charge in [0.25, 0.3) is 0 Å². The Balaban J connectivity index is 1.80. The molecule has 1 aliphatic carbocycles. The van der Waals surface area contributed by atoms with Gasteiger partial charge in [-0.15, -0.1) is 0 Å². The zero-order chi connectivity index (χ0) is 13.7. The summed E-state index contributed by atoms with van der Waals surface area (Å²) in [6.45, 7) is 0. The summed E-state index contributed by atoms with van der Waals surface area (Å²) in [5.74, 6) is -0.00845. The zero-order valence-corrected chi connectivity index (χ0v) is 11.7. The lowest BCUT2D eigenvalue weighted by atomic mass is 9.92. The van der Waals surface area contributed by atoms with E-state index in [9.17, 15) is 9.90 Å². The Labute approximate surface area is 119 Å². The van der Waals surface area contributed by atoms with Crippen molar-refractivity contribution in [3.63, 3.8) is 0 Å². The minimum atomic E-state index is -0.391. The molecule has 19 heavy (non-hydrogen) atoms. The van der Waals surface area contributed by atoms with E-state index in [0.29, 0.717) is 17.9 Å². The molecule has 1 aromatic carbocycles. The number of amides is 1. The first-order valence-electron chi connectivity index (χ1n) is 6.87. The molecule has 2 atom stereocenters. The van der Waals surface area contributed by atoms with Crippen molar-refractivity contribution < 1.29 is 9.90 Å². The third-order valence-electron chi connectivity index (χ3n) is 3.66. The van der Waals surface area contributed by atoms with Gasteiger partial charge in [0.2, 0.25) is 5.91 Å². The Morgan fingerprint density at radius 2 is 2.05 bits per heavy atom. The quantitative estimate of drug-likeness (QED) is 0.891. The molecule has 0 bridgehead atoms. The molecule has 1 fully saturated rings. The Bertz CT molecular complexity index is 436. The lowest BCUT2D eigenvalue weighted by Crippen LogP contribution is -2.45. The molecule has 0 unspecified atom stereocenters. The van der Waals surface area contributed by atoms with Gasteiger partial charge in [-0.25, -0.2) is 0 Å². The Morgan fingerprint density at radius 1 is 1.32 bits per heavy atom. The number of aryl methyl sites for hydroxylation is 1.